The first-order chi connectivity index (χ1) is 7.47. The van der Waals surface area contributed by atoms with Gasteiger partial charge in [0.05, 0.1) is 17.5 Å². The van der Waals surface area contributed by atoms with Crippen molar-refractivity contribution in [3.63, 3.8) is 0 Å². The highest BCUT2D eigenvalue weighted by atomic mass is 79.9. The number of alkyl halides is 1. The number of carbonyl (C=O) groups excluding carboxylic acids is 2. The summed E-state index contributed by atoms with van der Waals surface area (Å²) in [6.45, 7) is 1.71. The average Bonchev–Trinajstić information content (AvgIpc) is 2.26. The van der Waals surface area contributed by atoms with Gasteiger partial charge in [-0.1, -0.05) is 31.9 Å². The fraction of sp³-hybridized carbons (Fsp3) is 0.273. The summed E-state index contributed by atoms with van der Waals surface area (Å²) in [5.74, 6) is -0.661. The number of halogens is 2. The molecule has 1 rings (SSSR count). The number of ketones is 1. The predicted octanol–water partition coefficient (Wildman–Crippen LogP) is 3.20. The van der Waals surface area contributed by atoms with Crippen LogP contribution in [0.15, 0.2) is 22.7 Å². The van der Waals surface area contributed by atoms with Crippen molar-refractivity contribution in [1.29, 1.82) is 0 Å². The van der Waals surface area contributed by atoms with E-state index in [1.54, 1.807) is 25.1 Å². The zero-order valence-electron chi connectivity index (χ0n) is 8.79. The summed E-state index contributed by atoms with van der Waals surface area (Å²) in [5.41, 5.74) is 0.632. The molecule has 0 bridgehead atoms. The van der Waals surface area contributed by atoms with Gasteiger partial charge in [-0.15, -0.1) is 0 Å². The first kappa shape index (κ1) is 13.4. The molecule has 1 atom stereocenters. The Bertz CT molecular complexity index is 427. The summed E-state index contributed by atoms with van der Waals surface area (Å²) in [4.78, 5) is 23.0. The first-order valence-corrected chi connectivity index (χ1v) is 6.24. The van der Waals surface area contributed by atoms with Crippen molar-refractivity contribution in [2.45, 2.75) is 11.8 Å². The van der Waals surface area contributed by atoms with E-state index >= 15 is 0 Å². The number of ether oxygens (including phenoxy) is 1. The second-order valence-electron chi connectivity index (χ2n) is 3.16. The lowest BCUT2D eigenvalue weighted by molar-refractivity contribution is 0.0597. The molecule has 1 aromatic rings. The Morgan fingerprint density at radius 1 is 1.31 bits per heavy atom. The molecule has 0 aliphatic carbocycles. The number of methoxy groups -OCH3 is 1. The summed E-state index contributed by atoms with van der Waals surface area (Å²) in [7, 11) is 1.29. The van der Waals surface area contributed by atoms with E-state index in [1.165, 1.54) is 7.11 Å². The van der Waals surface area contributed by atoms with Gasteiger partial charge in [-0.3, -0.25) is 4.79 Å². The topological polar surface area (TPSA) is 43.4 Å². The van der Waals surface area contributed by atoms with Crippen LogP contribution in [-0.4, -0.2) is 23.7 Å². The van der Waals surface area contributed by atoms with Crippen LogP contribution in [0.1, 0.15) is 27.6 Å². The fourth-order valence-corrected chi connectivity index (χ4v) is 1.83. The number of rotatable bonds is 3. The van der Waals surface area contributed by atoms with Crippen LogP contribution in [0.5, 0.6) is 0 Å². The lowest BCUT2D eigenvalue weighted by Gasteiger charge is -2.08. The van der Waals surface area contributed by atoms with Crippen molar-refractivity contribution >= 4 is 43.6 Å². The number of hydrogen-bond acceptors (Lipinski definition) is 3. The van der Waals surface area contributed by atoms with Gasteiger partial charge in [0.2, 0.25) is 0 Å². The molecule has 0 N–H and O–H groups in total. The molecule has 1 unspecified atom stereocenters. The van der Waals surface area contributed by atoms with Crippen LogP contribution < -0.4 is 0 Å². The van der Waals surface area contributed by atoms with Crippen LogP contribution in [0, 0.1) is 0 Å². The minimum atomic E-state index is -0.510. The van der Waals surface area contributed by atoms with E-state index in [4.69, 9.17) is 0 Å². The Morgan fingerprint density at radius 3 is 2.44 bits per heavy atom. The third kappa shape index (κ3) is 2.92. The van der Waals surface area contributed by atoms with Crippen molar-refractivity contribution in [2.75, 3.05) is 7.11 Å². The zero-order valence-corrected chi connectivity index (χ0v) is 12.0. The molecule has 0 spiro atoms. The first-order valence-electron chi connectivity index (χ1n) is 4.53. The van der Waals surface area contributed by atoms with E-state index in [0.717, 1.165) is 4.47 Å². The molecule has 0 radical (unpaired) electrons. The van der Waals surface area contributed by atoms with Crippen molar-refractivity contribution < 1.29 is 14.3 Å². The number of esters is 1. The average molecular weight is 350 g/mol. The maximum Gasteiger partial charge on any atom is 0.338 e. The number of carbonyl (C=O) groups is 2. The molecule has 0 amide bonds. The van der Waals surface area contributed by atoms with Gasteiger partial charge in [-0.05, 0) is 25.1 Å². The SMILES string of the molecule is COC(=O)c1ccc(Br)cc1C(=O)C(C)Br. The van der Waals surface area contributed by atoms with Crippen molar-refractivity contribution in [3.05, 3.63) is 33.8 Å². The van der Waals surface area contributed by atoms with Crippen LogP contribution in [0.3, 0.4) is 0 Å². The standard InChI is InChI=1S/C11H10Br2O3/c1-6(12)10(14)9-5-7(13)3-4-8(9)11(15)16-2/h3-6H,1-2H3. The number of Topliss-reactive ketones (excluding diaryl/α,β-unsaturated/α-hetero) is 1. The van der Waals surface area contributed by atoms with E-state index in [1.807, 2.05) is 0 Å². The number of benzene rings is 1. The fourth-order valence-electron chi connectivity index (χ4n) is 1.22. The van der Waals surface area contributed by atoms with Gasteiger partial charge in [0.15, 0.2) is 5.78 Å². The molecule has 86 valence electrons. The molecule has 1 aromatic carbocycles. The summed E-state index contributed by atoms with van der Waals surface area (Å²) < 4.78 is 5.37. The maximum absolute atomic E-state index is 11.9. The summed E-state index contributed by atoms with van der Waals surface area (Å²) >= 11 is 6.45. The van der Waals surface area contributed by atoms with Crippen molar-refractivity contribution in [3.8, 4) is 0 Å². The molecule has 0 heterocycles. The van der Waals surface area contributed by atoms with Crippen LogP contribution >= 0.6 is 31.9 Å². The van der Waals surface area contributed by atoms with Gasteiger partial charge in [-0.2, -0.15) is 0 Å². The van der Waals surface area contributed by atoms with E-state index in [0.29, 0.717) is 5.56 Å². The Balaban J connectivity index is 3.29. The third-order valence-corrected chi connectivity index (χ3v) is 2.92. The van der Waals surface area contributed by atoms with Crippen LogP contribution in [0.4, 0.5) is 0 Å². The second kappa shape index (κ2) is 5.59. The molecule has 5 heteroatoms. The van der Waals surface area contributed by atoms with Gasteiger partial charge in [0.1, 0.15) is 0 Å². The van der Waals surface area contributed by atoms with Crippen LogP contribution in [0.2, 0.25) is 0 Å². The molecule has 0 saturated carbocycles. The van der Waals surface area contributed by atoms with Crippen molar-refractivity contribution in [1.82, 2.24) is 0 Å². The molecule has 0 aliphatic heterocycles. The molecular formula is C11H10Br2O3. The number of hydrogen-bond donors (Lipinski definition) is 0. The highest BCUT2D eigenvalue weighted by molar-refractivity contribution is 9.10. The molecule has 16 heavy (non-hydrogen) atoms. The minimum absolute atomic E-state index is 0.151. The van der Waals surface area contributed by atoms with E-state index < -0.39 is 5.97 Å². The third-order valence-electron chi connectivity index (χ3n) is 2.01. The molecule has 3 nitrogen and oxygen atoms in total. The van der Waals surface area contributed by atoms with E-state index in [-0.39, 0.29) is 16.2 Å². The van der Waals surface area contributed by atoms with Gasteiger partial charge in [0, 0.05) is 10.0 Å². The Hall–Kier alpha value is -0.680. The normalized spacial score (nSPS) is 12.0. The smallest absolute Gasteiger partial charge is 0.338 e. The van der Waals surface area contributed by atoms with Gasteiger partial charge in [0.25, 0.3) is 0 Å². The predicted molar refractivity (Wildman–Crippen MR) is 68.2 cm³/mol. The quantitative estimate of drug-likeness (QED) is 0.478. The minimum Gasteiger partial charge on any atom is -0.465 e. The summed E-state index contributed by atoms with van der Waals surface area (Å²) in [5, 5.41) is 0. The molecule has 0 saturated heterocycles. The molecule has 0 fully saturated rings. The lowest BCUT2D eigenvalue weighted by atomic mass is 10.0. The highest BCUT2D eigenvalue weighted by Crippen LogP contribution is 2.20. The Labute approximate surface area is 110 Å². The Kier molecular flexibility index (Phi) is 4.68. The van der Waals surface area contributed by atoms with E-state index in [9.17, 15) is 9.59 Å². The zero-order chi connectivity index (χ0) is 12.3. The van der Waals surface area contributed by atoms with E-state index in [2.05, 4.69) is 36.6 Å². The monoisotopic (exact) mass is 348 g/mol. The second-order valence-corrected chi connectivity index (χ2v) is 5.45. The van der Waals surface area contributed by atoms with Crippen molar-refractivity contribution in [2.24, 2.45) is 0 Å². The van der Waals surface area contributed by atoms with Gasteiger partial charge >= 0.3 is 5.97 Å². The lowest BCUT2D eigenvalue weighted by Crippen LogP contribution is -2.16. The molecular weight excluding hydrogens is 340 g/mol. The largest absolute Gasteiger partial charge is 0.465 e. The summed E-state index contributed by atoms with van der Waals surface area (Å²) in [6, 6.07) is 4.88. The molecule has 0 aliphatic rings. The van der Waals surface area contributed by atoms with Crippen LogP contribution in [-0.2, 0) is 4.74 Å². The van der Waals surface area contributed by atoms with Gasteiger partial charge in [-0.25, -0.2) is 4.79 Å². The maximum atomic E-state index is 11.9. The van der Waals surface area contributed by atoms with Crippen LogP contribution in [0.25, 0.3) is 0 Å². The van der Waals surface area contributed by atoms with Gasteiger partial charge < -0.3 is 4.74 Å². The summed E-state index contributed by atoms with van der Waals surface area (Å²) in [6.07, 6.45) is 0. The Morgan fingerprint density at radius 2 is 1.94 bits per heavy atom. The highest BCUT2D eigenvalue weighted by Gasteiger charge is 2.20. The molecule has 0 aromatic heterocycles.